The Balaban J connectivity index is 1.61. The van der Waals surface area contributed by atoms with Gasteiger partial charge in [-0.2, -0.15) is 0 Å². The molecule has 0 radical (unpaired) electrons. The lowest BCUT2D eigenvalue weighted by Crippen LogP contribution is -2.73. The van der Waals surface area contributed by atoms with Crippen molar-refractivity contribution in [1.29, 1.82) is 0 Å². The van der Waals surface area contributed by atoms with E-state index in [1.807, 2.05) is 6.07 Å². The van der Waals surface area contributed by atoms with Gasteiger partial charge < -0.3 is 14.7 Å². The highest BCUT2D eigenvalue weighted by Crippen LogP contribution is 2.58. The average Bonchev–Trinajstić information content (AvgIpc) is 2.59. The van der Waals surface area contributed by atoms with Crippen LogP contribution in [0.4, 0.5) is 0 Å². The van der Waals surface area contributed by atoms with E-state index in [2.05, 4.69) is 17.0 Å². The van der Waals surface area contributed by atoms with Crippen molar-refractivity contribution in [3.8, 4) is 5.75 Å². The quantitative estimate of drug-likeness (QED) is 0.886. The molecule has 4 nitrogen and oxygen atoms in total. The first-order chi connectivity index (χ1) is 12.6. The average molecular weight is 355 g/mol. The molecule has 1 amide bonds. The predicted octanol–water partition coefficient (Wildman–Crippen LogP) is 3.20. The van der Waals surface area contributed by atoms with E-state index in [1.54, 1.807) is 7.11 Å². The molecule has 4 aliphatic rings. The van der Waals surface area contributed by atoms with Gasteiger partial charge in [0.15, 0.2) is 0 Å². The van der Waals surface area contributed by atoms with Gasteiger partial charge in [0.1, 0.15) is 5.75 Å². The molecule has 26 heavy (non-hydrogen) atoms. The number of carbonyl (C=O) groups is 1. The van der Waals surface area contributed by atoms with E-state index in [-0.39, 0.29) is 17.4 Å². The normalized spacial score (nSPS) is 35.9. The monoisotopic (exact) mass is 355 g/mol. The second-order valence-corrected chi connectivity index (χ2v) is 8.87. The Morgan fingerprint density at radius 1 is 1.19 bits per heavy atom. The van der Waals surface area contributed by atoms with Crippen LogP contribution in [0.3, 0.4) is 0 Å². The van der Waals surface area contributed by atoms with Gasteiger partial charge in [-0.05, 0) is 61.8 Å². The molecule has 1 heterocycles. The Hall–Kier alpha value is -1.55. The van der Waals surface area contributed by atoms with Crippen LogP contribution in [0.2, 0.25) is 0 Å². The minimum absolute atomic E-state index is 0.0643. The highest BCUT2D eigenvalue weighted by Gasteiger charge is 2.64. The molecule has 0 spiro atoms. The molecule has 1 aromatic rings. The fraction of sp³-hybridized carbons (Fsp3) is 0.682. The van der Waals surface area contributed by atoms with Gasteiger partial charge in [-0.25, -0.2) is 0 Å². The van der Waals surface area contributed by atoms with E-state index in [0.29, 0.717) is 5.91 Å². The topological polar surface area (TPSA) is 49.8 Å². The smallest absolute Gasteiger partial charge is 0.226 e. The number of piperidine rings is 1. The van der Waals surface area contributed by atoms with Crippen molar-refractivity contribution < 1.29 is 14.6 Å². The van der Waals surface area contributed by atoms with Crippen LogP contribution >= 0.6 is 0 Å². The lowest BCUT2D eigenvalue weighted by molar-refractivity contribution is -0.182. The number of hydrogen-bond donors (Lipinski definition) is 1. The molecule has 4 heteroatoms. The summed E-state index contributed by atoms with van der Waals surface area (Å²) in [4.78, 5) is 15.2. The number of carbonyl (C=O) groups excluding carboxylic acids is 1. The van der Waals surface area contributed by atoms with Crippen LogP contribution in [-0.2, 0) is 16.6 Å². The largest absolute Gasteiger partial charge is 0.497 e. The molecule has 0 aromatic heterocycles. The van der Waals surface area contributed by atoms with Gasteiger partial charge in [0.05, 0.1) is 18.8 Å². The molecule has 1 aliphatic heterocycles. The lowest BCUT2D eigenvalue weighted by Gasteiger charge is -2.64. The summed E-state index contributed by atoms with van der Waals surface area (Å²) in [5.74, 6) is 1.37. The van der Waals surface area contributed by atoms with Crippen molar-refractivity contribution in [3.05, 3.63) is 29.3 Å². The molecule has 3 atom stereocenters. The summed E-state index contributed by atoms with van der Waals surface area (Å²) in [6.45, 7) is 0.791. The Morgan fingerprint density at radius 3 is 2.73 bits per heavy atom. The second kappa shape index (κ2) is 5.72. The van der Waals surface area contributed by atoms with E-state index in [9.17, 15) is 9.90 Å². The number of nitrogens with zero attached hydrogens (tertiary/aromatic N) is 1. The zero-order valence-electron chi connectivity index (χ0n) is 15.7. The lowest BCUT2D eigenvalue weighted by atomic mass is 9.49. The van der Waals surface area contributed by atoms with Crippen molar-refractivity contribution in [2.75, 3.05) is 13.7 Å². The van der Waals surface area contributed by atoms with Gasteiger partial charge in [-0.15, -0.1) is 0 Å². The van der Waals surface area contributed by atoms with Crippen molar-refractivity contribution >= 4 is 5.91 Å². The molecule has 140 valence electrons. The Bertz CT molecular complexity index is 743. The molecule has 0 unspecified atom stereocenters. The van der Waals surface area contributed by atoms with Crippen LogP contribution in [0.5, 0.6) is 5.75 Å². The van der Waals surface area contributed by atoms with Crippen LogP contribution < -0.4 is 4.74 Å². The summed E-state index contributed by atoms with van der Waals surface area (Å²) in [6.07, 6.45) is 8.91. The number of ether oxygens (including phenoxy) is 1. The van der Waals surface area contributed by atoms with Crippen molar-refractivity contribution in [2.24, 2.45) is 5.92 Å². The number of amides is 1. The molecule has 1 N–H and O–H groups in total. The molecular weight excluding hydrogens is 326 g/mol. The Labute approximate surface area is 155 Å². The summed E-state index contributed by atoms with van der Waals surface area (Å²) in [5, 5.41) is 12.0. The first-order valence-corrected chi connectivity index (χ1v) is 10.3. The molecule has 5 rings (SSSR count). The maximum atomic E-state index is 13.1. The number of aliphatic hydroxyl groups is 1. The van der Waals surface area contributed by atoms with E-state index in [1.165, 1.54) is 17.5 Å². The number of fused-ring (bicyclic) bond motifs is 1. The number of benzene rings is 1. The molecular formula is C22H29NO3. The van der Waals surface area contributed by atoms with Gasteiger partial charge >= 0.3 is 0 Å². The maximum Gasteiger partial charge on any atom is 0.226 e. The summed E-state index contributed by atoms with van der Waals surface area (Å²) in [5.41, 5.74) is 1.58. The third-order valence-corrected chi connectivity index (χ3v) is 7.93. The van der Waals surface area contributed by atoms with E-state index in [0.717, 1.165) is 63.7 Å². The predicted molar refractivity (Wildman–Crippen MR) is 99.3 cm³/mol. The summed E-state index contributed by atoms with van der Waals surface area (Å²) in [6, 6.07) is 6.28. The molecule has 1 saturated heterocycles. The number of rotatable bonds is 2. The van der Waals surface area contributed by atoms with E-state index < -0.39 is 5.60 Å². The molecule has 2 saturated carbocycles. The summed E-state index contributed by atoms with van der Waals surface area (Å²) < 4.78 is 5.49. The van der Waals surface area contributed by atoms with Crippen molar-refractivity contribution in [3.63, 3.8) is 0 Å². The van der Waals surface area contributed by atoms with E-state index in [4.69, 9.17) is 4.74 Å². The third kappa shape index (κ3) is 2.02. The van der Waals surface area contributed by atoms with Gasteiger partial charge in [0, 0.05) is 17.9 Å². The van der Waals surface area contributed by atoms with Crippen LogP contribution in [-0.4, -0.2) is 41.2 Å². The fourth-order valence-electron chi connectivity index (χ4n) is 6.28. The number of likely N-dealkylation sites (tertiary alicyclic amines) is 1. The summed E-state index contributed by atoms with van der Waals surface area (Å²) >= 11 is 0. The van der Waals surface area contributed by atoms with Crippen LogP contribution in [0.1, 0.15) is 62.5 Å². The Morgan fingerprint density at radius 2 is 2.00 bits per heavy atom. The van der Waals surface area contributed by atoms with E-state index >= 15 is 0 Å². The zero-order valence-corrected chi connectivity index (χ0v) is 15.7. The minimum atomic E-state index is -0.789. The third-order valence-electron chi connectivity index (χ3n) is 7.93. The molecule has 3 aliphatic carbocycles. The van der Waals surface area contributed by atoms with Crippen LogP contribution in [0, 0.1) is 5.92 Å². The Kier molecular flexibility index (Phi) is 3.66. The second-order valence-electron chi connectivity index (χ2n) is 8.87. The molecule has 3 fully saturated rings. The number of hydrogen-bond acceptors (Lipinski definition) is 3. The van der Waals surface area contributed by atoms with Crippen LogP contribution in [0.15, 0.2) is 18.2 Å². The van der Waals surface area contributed by atoms with Crippen molar-refractivity contribution in [1.82, 2.24) is 4.90 Å². The minimum Gasteiger partial charge on any atom is -0.497 e. The highest BCUT2D eigenvalue weighted by molar-refractivity contribution is 5.80. The highest BCUT2D eigenvalue weighted by atomic mass is 16.5. The molecule has 1 aromatic carbocycles. The maximum absolute atomic E-state index is 13.1. The van der Waals surface area contributed by atoms with Crippen LogP contribution in [0.25, 0.3) is 0 Å². The number of methoxy groups -OCH3 is 1. The zero-order chi connectivity index (χ0) is 17.9. The van der Waals surface area contributed by atoms with Gasteiger partial charge in [0.25, 0.3) is 0 Å². The van der Waals surface area contributed by atoms with Gasteiger partial charge in [0.2, 0.25) is 5.91 Å². The first kappa shape index (κ1) is 16.6. The van der Waals surface area contributed by atoms with Gasteiger partial charge in [-0.3, -0.25) is 4.79 Å². The van der Waals surface area contributed by atoms with Gasteiger partial charge in [-0.1, -0.05) is 25.3 Å². The summed E-state index contributed by atoms with van der Waals surface area (Å²) in [7, 11) is 1.71. The fourth-order valence-corrected chi connectivity index (χ4v) is 6.28. The van der Waals surface area contributed by atoms with Crippen molar-refractivity contribution in [2.45, 2.75) is 74.8 Å². The standard InChI is InChI=1S/C22H29NO3/c1-26-17-8-7-16-13-19-22(25)10-3-2-9-21(22,18(16)14-17)11-12-23(19)20(24)15-5-4-6-15/h7-8,14-15,19,25H,2-6,9-13H2,1H3/t19-,21+,22-/m1/s1. The first-order valence-electron chi connectivity index (χ1n) is 10.3. The molecule has 2 bridgehead atoms. The SMILES string of the molecule is COc1ccc2c(c1)[C@@]13CCCC[C@@]1(O)[C@@H](C2)N(C(=O)C1CCC1)CC3.